The molecule has 110 valence electrons. The zero-order chi connectivity index (χ0) is 15.2. The fraction of sp³-hybridized carbons (Fsp3) is 0.500. The molecule has 1 saturated heterocycles. The smallest absolute Gasteiger partial charge is 0.399 e. The van der Waals surface area contributed by atoms with Crippen LogP contribution in [-0.4, -0.2) is 34.7 Å². The molecule has 0 saturated carbocycles. The Morgan fingerprint density at radius 2 is 1.75 bits per heavy atom. The molecule has 6 heteroatoms. The van der Waals surface area contributed by atoms with Gasteiger partial charge in [-0.3, -0.25) is 0 Å². The molecule has 1 aliphatic heterocycles. The van der Waals surface area contributed by atoms with Gasteiger partial charge in [-0.25, -0.2) is 4.21 Å². The van der Waals surface area contributed by atoms with Crippen molar-refractivity contribution < 1.29 is 13.5 Å². The minimum Gasteiger partial charge on any atom is -0.399 e. The lowest BCUT2D eigenvalue weighted by atomic mass is 9.79. The molecule has 1 aliphatic rings. The summed E-state index contributed by atoms with van der Waals surface area (Å²) in [5, 5.41) is 0. The zero-order valence-electron chi connectivity index (χ0n) is 12.7. The van der Waals surface area contributed by atoms with Crippen LogP contribution in [0.2, 0.25) is 0 Å². The van der Waals surface area contributed by atoms with Crippen LogP contribution >= 0.6 is 0 Å². The third-order valence-electron chi connectivity index (χ3n) is 3.75. The summed E-state index contributed by atoms with van der Waals surface area (Å²) in [6.07, 6.45) is 1.56. The first-order chi connectivity index (χ1) is 9.00. The minimum absolute atomic E-state index is 0.369. The highest BCUT2D eigenvalue weighted by atomic mass is 32.2. The van der Waals surface area contributed by atoms with Gasteiger partial charge in [0.1, 0.15) is 0 Å². The summed E-state index contributed by atoms with van der Waals surface area (Å²) in [6, 6.07) is 7.56. The Balaban J connectivity index is 2.25. The SMILES string of the molecule is C=S(C)(=O)Nc1cccc(B2OC(C)(C)C(C)(C)O2)c1. The van der Waals surface area contributed by atoms with Gasteiger partial charge in [0.25, 0.3) is 0 Å². The average Bonchev–Trinajstić information content (AvgIpc) is 2.46. The van der Waals surface area contributed by atoms with Gasteiger partial charge in [0, 0.05) is 21.7 Å². The van der Waals surface area contributed by atoms with E-state index >= 15 is 0 Å². The normalized spacial score (nSPS) is 23.4. The van der Waals surface area contributed by atoms with Gasteiger partial charge in [-0.1, -0.05) is 12.1 Å². The maximum atomic E-state index is 11.7. The molecular formula is C14H22BNO3S. The van der Waals surface area contributed by atoms with Crippen molar-refractivity contribution in [3.05, 3.63) is 24.3 Å². The van der Waals surface area contributed by atoms with E-state index in [0.29, 0.717) is 0 Å². The number of hydrogen-bond donors (Lipinski definition) is 1. The molecule has 1 aromatic rings. The van der Waals surface area contributed by atoms with Gasteiger partial charge in [0.2, 0.25) is 0 Å². The van der Waals surface area contributed by atoms with Crippen LogP contribution in [-0.2, 0) is 19.0 Å². The maximum absolute atomic E-state index is 11.7. The molecular weight excluding hydrogens is 273 g/mol. The molecule has 0 amide bonds. The number of benzene rings is 1. The van der Waals surface area contributed by atoms with Gasteiger partial charge in [0.15, 0.2) is 0 Å². The Labute approximate surface area is 122 Å². The Hall–Kier alpha value is -0.975. The molecule has 1 aromatic carbocycles. The maximum Gasteiger partial charge on any atom is 0.494 e. The summed E-state index contributed by atoms with van der Waals surface area (Å²) in [4.78, 5) is 0. The number of rotatable bonds is 3. The summed E-state index contributed by atoms with van der Waals surface area (Å²) in [6.45, 7) is 8.07. The van der Waals surface area contributed by atoms with Crippen LogP contribution in [0.25, 0.3) is 0 Å². The van der Waals surface area contributed by atoms with Crippen molar-refractivity contribution >= 4 is 33.8 Å². The molecule has 20 heavy (non-hydrogen) atoms. The Kier molecular flexibility index (Phi) is 3.69. The summed E-state index contributed by atoms with van der Waals surface area (Å²) >= 11 is 0. The van der Waals surface area contributed by atoms with Crippen molar-refractivity contribution in [2.75, 3.05) is 11.0 Å². The van der Waals surface area contributed by atoms with Crippen LogP contribution in [0.15, 0.2) is 24.3 Å². The summed E-state index contributed by atoms with van der Waals surface area (Å²) in [7, 11) is -2.71. The van der Waals surface area contributed by atoms with Crippen molar-refractivity contribution in [2.24, 2.45) is 0 Å². The molecule has 1 N–H and O–H groups in total. The van der Waals surface area contributed by atoms with Gasteiger partial charge in [-0.2, -0.15) is 0 Å². The second kappa shape index (κ2) is 4.79. The average molecular weight is 295 g/mol. The lowest BCUT2D eigenvalue weighted by molar-refractivity contribution is 0.00578. The topological polar surface area (TPSA) is 47.6 Å². The first-order valence-electron chi connectivity index (χ1n) is 6.56. The van der Waals surface area contributed by atoms with E-state index < -0.39 is 16.8 Å². The van der Waals surface area contributed by atoms with E-state index in [1.54, 1.807) is 6.26 Å². The van der Waals surface area contributed by atoms with Crippen LogP contribution < -0.4 is 10.2 Å². The van der Waals surface area contributed by atoms with Gasteiger partial charge in [-0.15, -0.1) is 0 Å². The second-order valence-electron chi connectivity index (χ2n) is 6.32. The van der Waals surface area contributed by atoms with Crippen molar-refractivity contribution in [3.63, 3.8) is 0 Å². The molecule has 1 heterocycles. The molecule has 2 rings (SSSR count). The van der Waals surface area contributed by atoms with Crippen LogP contribution in [0, 0.1) is 0 Å². The van der Waals surface area contributed by atoms with Crippen molar-refractivity contribution in [1.82, 2.24) is 0 Å². The Morgan fingerprint density at radius 1 is 1.20 bits per heavy atom. The van der Waals surface area contributed by atoms with Crippen molar-refractivity contribution in [3.8, 4) is 0 Å². The van der Waals surface area contributed by atoms with Crippen LogP contribution in [0.3, 0.4) is 0 Å². The van der Waals surface area contributed by atoms with Gasteiger partial charge in [0.05, 0.1) is 11.2 Å². The van der Waals surface area contributed by atoms with E-state index in [9.17, 15) is 4.21 Å². The predicted octanol–water partition coefficient (Wildman–Crippen LogP) is 1.66. The quantitative estimate of drug-likeness (QED) is 0.681. The molecule has 0 radical (unpaired) electrons. The number of anilines is 1. The highest BCUT2D eigenvalue weighted by Crippen LogP contribution is 2.36. The Morgan fingerprint density at radius 3 is 2.25 bits per heavy atom. The highest BCUT2D eigenvalue weighted by molar-refractivity contribution is 8.00. The summed E-state index contributed by atoms with van der Waals surface area (Å²) in [5.41, 5.74) is 0.911. The van der Waals surface area contributed by atoms with E-state index in [-0.39, 0.29) is 11.2 Å². The van der Waals surface area contributed by atoms with Gasteiger partial charge < -0.3 is 14.0 Å². The van der Waals surface area contributed by atoms with E-state index in [1.165, 1.54) is 0 Å². The van der Waals surface area contributed by atoms with E-state index in [0.717, 1.165) is 11.2 Å². The first-order valence-corrected chi connectivity index (χ1v) is 8.69. The van der Waals surface area contributed by atoms with Crippen molar-refractivity contribution in [2.45, 2.75) is 38.9 Å². The lowest BCUT2D eigenvalue weighted by Gasteiger charge is -2.32. The van der Waals surface area contributed by atoms with Crippen molar-refractivity contribution in [1.29, 1.82) is 0 Å². The van der Waals surface area contributed by atoms with Gasteiger partial charge in [-0.05, 0) is 51.2 Å². The fourth-order valence-electron chi connectivity index (χ4n) is 1.98. The molecule has 1 unspecified atom stereocenters. The van der Waals surface area contributed by atoms with E-state index in [4.69, 9.17) is 9.31 Å². The summed E-state index contributed by atoms with van der Waals surface area (Å²) < 4.78 is 26.6. The van der Waals surface area contributed by atoms with Gasteiger partial charge >= 0.3 is 7.12 Å². The molecule has 0 aliphatic carbocycles. The number of hydrogen-bond acceptors (Lipinski definition) is 3. The molecule has 0 spiro atoms. The molecule has 0 aromatic heterocycles. The largest absolute Gasteiger partial charge is 0.494 e. The standard InChI is InChI=1S/C14H22BNO3S/c1-13(2)14(3,4)19-15(18-13)11-8-7-9-12(10-11)16-20(5,6)17/h7-10H,5H2,1-4,6H3,(H,16,17). The number of nitrogens with one attached hydrogen (secondary N) is 1. The third-order valence-corrected chi connectivity index (χ3v) is 4.41. The zero-order valence-corrected chi connectivity index (χ0v) is 13.5. The second-order valence-corrected chi connectivity index (χ2v) is 8.53. The summed E-state index contributed by atoms with van der Waals surface area (Å²) in [5.74, 6) is 3.59. The highest BCUT2D eigenvalue weighted by Gasteiger charge is 2.51. The molecule has 4 nitrogen and oxygen atoms in total. The third kappa shape index (κ3) is 3.19. The molecule has 1 fully saturated rings. The molecule has 1 atom stereocenters. The fourth-order valence-corrected chi connectivity index (χ4v) is 2.60. The Bertz CT molecular complexity index is 595. The monoisotopic (exact) mass is 295 g/mol. The lowest BCUT2D eigenvalue weighted by Crippen LogP contribution is -2.41. The van der Waals surface area contributed by atoms with E-state index in [2.05, 4.69) is 10.6 Å². The first kappa shape index (κ1) is 15.4. The van der Waals surface area contributed by atoms with Crippen LogP contribution in [0.5, 0.6) is 0 Å². The minimum atomic E-state index is -2.29. The molecule has 0 bridgehead atoms. The van der Waals surface area contributed by atoms with Crippen LogP contribution in [0.1, 0.15) is 27.7 Å². The van der Waals surface area contributed by atoms with Crippen LogP contribution in [0.4, 0.5) is 5.69 Å². The van der Waals surface area contributed by atoms with E-state index in [1.807, 2.05) is 52.0 Å². The predicted molar refractivity (Wildman–Crippen MR) is 87.0 cm³/mol.